The number of hydrogen-bond acceptors (Lipinski definition) is 6. The van der Waals surface area contributed by atoms with Crippen molar-refractivity contribution >= 4 is 27.8 Å². The maximum atomic E-state index is 12.1. The van der Waals surface area contributed by atoms with Crippen LogP contribution in [-0.4, -0.2) is 79.6 Å². The van der Waals surface area contributed by atoms with E-state index in [2.05, 4.69) is 0 Å². The summed E-state index contributed by atoms with van der Waals surface area (Å²) < 4.78 is 29.5. The second-order valence-corrected chi connectivity index (χ2v) is 7.58. The Morgan fingerprint density at radius 3 is 2.24 bits per heavy atom. The van der Waals surface area contributed by atoms with Gasteiger partial charge in [-0.05, 0) is 12.1 Å². The van der Waals surface area contributed by atoms with E-state index < -0.39 is 34.4 Å². The zero-order chi connectivity index (χ0) is 18.6. The van der Waals surface area contributed by atoms with Crippen LogP contribution < -0.4 is 0 Å². The molecule has 10 heteroatoms. The maximum Gasteiger partial charge on any atom is 0.318 e. The van der Waals surface area contributed by atoms with Gasteiger partial charge in [0.15, 0.2) is 0 Å². The van der Waals surface area contributed by atoms with Gasteiger partial charge < -0.3 is 9.84 Å². The smallest absolute Gasteiger partial charge is 0.318 e. The second-order valence-electron chi connectivity index (χ2n) is 5.39. The number of fused-ring (bicyclic) bond motifs is 1. The van der Waals surface area contributed by atoms with Crippen molar-refractivity contribution in [3.8, 4) is 0 Å². The van der Waals surface area contributed by atoms with Crippen molar-refractivity contribution in [3.05, 3.63) is 35.4 Å². The number of carboxylic acids is 1. The summed E-state index contributed by atoms with van der Waals surface area (Å²) in [5.74, 6) is -2.45. The molecule has 0 spiro atoms. The fourth-order valence-electron chi connectivity index (χ4n) is 2.31. The lowest BCUT2D eigenvalue weighted by molar-refractivity contribution is -0.137. The molecule has 1 N–H and O–H groups in total. The third-order valence-corrected chi connectivity index (χ3v) is 5.42. The molecule has 0 aliphatic carbocycles. The number of imide groups is 1. The van der Waals surface area contributed by atoms with E-state index in [0.717, 1.165) is 9.21 Å². The third kappa shape index (κ3) is 4.41. The van der Waals surface area contributed by atoms with Crippen LogP contribution in [0.15, 0.2) is 24.3 Å². The molecule has 0 saturated heterocycles. The Balaban J connectivity index is 1.78. The van der Waals surface area contributed by atoms with Gasteiger partial charge in [-0.15, -0.1) is 0 Å². The predicted molar refractivity (Wildman–Crippen MR) is 86.7 cm³/mol. The molecule has 1 aromatic carbocycles. The normalized spacial score (nSPS) is 14.2. The molecule has 0 fully saturated rings. The first-order chi connectivity index (χ1) is 11.7. The summed E-state index contributed by atoms with van der Waals surface area (Å²) in [6.45, 7) is -0.798. The molecule has 136 valence electrons. The minimum absolute atomic E-state index is 0.0103. The zero-order valence-corrected chi connectivity index (χ0v) is 14.4. The van der Waals surface area contributed by atoms with Crippen molar-refractivity contribution < 1.29 is 32.6 Å². The number of ether oxygens (including phenoxy) is 1. The van der Waals surface area contributed by atoms with Crippen molar-refractivity contribution in [2.75, 3.05) is 39.1 Å². The van der Waals surface area contributed by atoms with Gasteiger partial charge in [0, 0.05) is 7.05 Å². The summed E-state index contributed by atoms with van der Waals surface area (Å²) in [6.07, 6.45) is 0. The van der Waals surface area contributed by atoms with Gasteiger partial charge in [-0.25, -0.2) is 8.42 Å². The monoisotopic (exact) mass is 370 g/mol. The van der Waals surface area contributed by atoms with E-state index in [1.54, 1.807) is 24.3 Å². The van der Waals surface area contributed by atoms with E-state index in [9.17, 15) is 22.8 Å². The van der Waals surface area contributed by atoms with Gasteiger partial charge in [-0.1, -0.05) is 12.1 Å². The highest BCUT2D eigenvalue weighted by molar-refractivity contribution is 7.89. The number of likely N-dealkylation sites (N-methyl/N-ethyl adjacent to an activating group) is 1. The Morgan fingerprint density at radius 2 is 1.72 bits per heavy atom. The third-order valence-electron chi connectivity index (χ3n) is 3.66. The summed E-state index contributed by atoms with van der Waals surface area (Å²) in [5, 5.41) is 8.60. The lowest BCUT2D eigenvalue weighted by atomic mass is 10.1. The van der Waals surface area contributed by atoms with Gasteiger partial charge in [0.2, 0.25) is 10.0 Å². The topological polar surface area (TPSA) is 121 Å². The molecular weight excluding hydrogens is 352 g/mol. The Hall–Kier alpha value is -2.30. The van der Waals surface area contributed by atoms with Crippen LogP contribution in [0.25, 0.3) is 0 Å². The van der Waals surface area contributed by atoms with Crippen molar-refractivity contribution in [1.29, 1.82) is 0 Å². The summed E-state index contributed by atoms with van der Waals surface area (Å²) in [7, 11) is -2.57. The number of benzene rings is 1. The number of nitrogens with zero attached hydrogens (tertiary/aromatic N) is 2. The number of aliphatic carboxylic acids is 1. The molecule has 1 aromatic rings. The van der Waals surface area contributed by atoms with Crippen molar-refractivity contribution in [3.63, 3.8) is 0 Å². The largest absolute Gasteiger partial charge is 0.480 e. The first kappa shape index (κ1) is 19.0. The average Bonchev–Trinajstić information content (AvgIpc) is 2.79. The van der Waals surface area contributed by atoms with Gasteiger partial charge in [0.05, 0.1) is 36.6 Å². The van der Waals surface area contributed by atoms with E-state index in [0.29, 0.717) is 11.1 Å². The lowest BCUT2D eigenvalue weighted by Gasteiger charge is -2.16. The Morgan fingerprint density at radius 1 is 1.16 bits per heavy atom. The molecule has 1 aliphatic rings. The number of sulfonamides is 1. The maximum absolute atomic E-state index is 12.1. The Labute approximate surface area is 144 Å². The highest BCUT2D eigenvalue weighted by Crippen LogP contribution is 2.21. The predicted octanol–water partition coefficient (Wildman–Crippen LogP) is -0.355. The van der Waals surface area contributed by atoms with Gasteiger partial charge in [0.1, 0.15) is 6.54 Å². The Kier molecular flexibility index (Phi) is 5.88. The minimum atomic E-state index is -3.74. The quantitative estimate of drug-likeness (QED) is 0.465. The molecular formula is C15H18N2O7S. The number of hydrogen-bond donors (Lipinski definition) is 1. The fraction of sp³-hybridized carbons (Fsp3) is 0.400. The van der Waals surface area contributed by atoms with Crippen LogP contribution >= 0.6 is 0 Å². The Bertz CT molecular complexity index is 756. The van der Waals surface area contributed by atoms with Gasteiger partial charge in [0.25, 0.3) is 11.8 Å². The highest BCUT2D eigenvalue weighted by atomic mass is 32.2. The molecule has 0 unspecified atom stereocenters. The molecule has 25 heavy (non-hydrogen) atoms. The first-order valence-corrected chi connectivity index (χ1v) is 9.03. The molecule has 2 rings (SSSR count). The van der Waals surface area contributed by atoms with Crippen LogP contribution in [0.5, 0.6) is 0 Å². The number of rotatable bonds is 9. The molecule has 1 aliphatic heterocycles. The van der Waals surface area contributed by atoms with Crippen LogP contribution in [0.4, 0.5) is 0 Å². The lowest BCUT2D eigenvalue weighted by Crippen LogP contribution is -2.36. The molecule has 0 radical (unpaired) electrons. The molecule has 2 amide bonds. The highest BCUT2D eigenvalue weighted by Gasteiger charge is 2.34. The second kappa shape index (κ2) is 7.72. The summed E-state index contributed by atoms with van der Waals surface area (Å²) in [4.78, 5) is 35.8. The number of carboxylic acid groups (broad SMARTS) is 1. The van der Waals surface area contributed by atoms with Crippen LogP contribution in [-0.2, 0) is 19.6 Å². The van der Waals surface area contributed by atoms with Crippen LogP contribution in [0.3, 0.4) is 0 Å². The number of carbonyl (C=O) groups excluding carboxylic acids is 2. The first-order valence-electron chi connectivity index (χ1n) is 7.43. The summed E-state index contributed by atoms with van der Waals surface area (Å²) >= 11 is 0. The standard InChI is InChI=1S/C15H18N2O7S/c1-16(10-13(18)19)25(22,23)9-8-24-7-6-17-14(20)11-4-2-3-5-12(11)15(17)21/h2-5H,6-10H2,1H3,(H,18,19). The summed E-state index contributed by atoms with van der Waals surface area (Å²) in [6, 6.07) is 6.48. The molecule has 1 heterocycles. The summed E-state index contributed by atoms with van der Waals surface area (Å²) in [5.41, 5.74) is 0.677. The van der Waals surface area contributed by atoms with Gasteiger partial charge >= 0.3 is 5.97 Å². The molecule has 0 saturated carbocycles. The molecule has 0 atom stereocenters. The van der Waals surface area contributed by atoms with E-state index >= 15 is 0 Å². The number of amides is 2. The zero-order valence-electron chi connectivity index (χ0n) is 13.5. The van der Waals surface area contributed by atoms with Crippen LogP contribution in [0, 0.1) is 0 Å². The number of carbonyl (C=O) groups is 3. The van der Waals surface area contributed by atoms with E-state index in [1.807, 2.05) is 0 Å². The average molecular weight is 370 g/mol. The van der Waals surface area contributed by atoms with E-state index in [-0.39, 0.29) is 25.5 Å². The van der Waals surface area contributed by atoms with Gasteiger partial charge in [-0.3, -0.25) is 19.3 Å². The van der Waals surface area contributed by atoms with Crippen LogP contribution in [0.1, 0.15) is 20.7 Å². The van der Waals surface area contributed by atoms with E-state index in [4.69, 9.17) is 9.84 Å². The fourth-order valence-corrected chi connectivity index (χ4v) is 3.26. The molecule has 0 bridgehead atoms. The van der Waals surface area contributed by atoms with Crippen molar-refractivity contribution in [1.82, 2.24) is 9.21 Å². The van der Waals surface area contributed by atoms with Gasteiger partial charge in [-0.2, -0.15) is 4.31 Å². The minimum Gasteiger partial charge on any atom is -0.480 e. The van der Waals surface area contributed by atoms with Crippen molar-refractivity contribution in [2.24, 2.45) is 0 Å². The molecule has 0 aromatic heterocycles. The van der Waals surface area contributed by atoms with Crippen molar-refractivity contribution in [2.45, 2.75) is 0 Å². The van der Waals surface area contributed by atoms with E-state index in [1.165, 1.54) is 7.05 Å². The molecule has 9 nitrogen and oxygen atoms in total. The van der Waals surface area contributed by atoms with Crippen LogP contribution in [0.2, 0.25) is 0 Å². The SMILES string of the molecule is CN(CC(=O)O)S(=O)(=O)CCOCCN1C(=O)c2ccccc2C1=O.